The third-order valence-electron chi connectivity index (χ3n) is 2.78. The van der Waals surface area contributed by atoms with Crippen LogP contribution >= 0.6 is 0 Å². The number of rotatable bonds is 0. The van der Waals surface area contributed by atoms with Crippen molar-refractivity contribution >= 4 is 11.0 Å². The average molecular weight is 236 g/mol. The molecule has 0 aliphatic rings. The molecule has 0 spiro atoms. The molecular formula is C10H10N3O4-. The molecule has 0 saturated carbocycles. The highest BCUT2D eigenvalue weighted by Crippen LogP contribution is 2.12. The first kappa shape index (κ1) is 11.2. The monoisotopic (exact) mass is 236 g/mol. The Balaban J connectivity index is 3.36. The van der Waals surface area contributed by atoms with E-state index >= 15 is 0 Å². The van der Waals surface area contributed by atoms with Crippen LogP contribution in [0.2, 0.25) is 0 Å². The van der Waals surface area contributed by atoms with Crippen LogP contribution in [-0.2, 0) is 21.1 Å². The maximum atomic E-state index is 11.8. The maximum Gasteiger partial charge on any atom is 0.332 e. The molecule has 0 aliphatic carbocycles. The number of aryl methyl sites for hydroxylation is 2. The second kappa shape index (κ2) is 3.34. The molecule has 0 amide bonds. The van der Waals surface area contributed by atoms with Crippen molar-refractivity contribution in [3.8, 4) is 5.75 Å². The predicted molar refractivity (Wildman–Crippen MR) is 59.1 cm³/mol. The molecule has 0 aromatic carbocycles. The van der Waals surface area contributed by atoms with Crippen LogP contribution in [0.15, 0.2) is 20.4 Å². The second-order valence-corrected chi connectivity index (χ2v) is 3.81. The van der Waals surface area contributed by atoms with E-state index in [1.54, 1.807) is 0 Å². The molecule has 0 aliphatic heterocycles. The first-order chi connectivity index (χ1) is 7.86. The summed E-state index contributed by atoms with van der Waals surface area (Å²) in [4.78, 5) is 35.0. The number of hydrogen-bond acceptors (Lipinski definition) is 4. The highest BCUT2D eigenvalue weighted by molar-refractivity contribution is 5.80. The predicted octanol–water partition coefficient (Wildman–Crippen LogP) is -1.99. The van der Waals surface area contributed by atoms with Crippen LogP contribution in [0.5, 0.6) is 5.75 Å². The van der Waals surface area contributed by atoms with Crippen molar-refractivity contribution in [3.05, 3.63) is 37.3 Å². The zero-order valence-electron chi connectivity index (χ0n) is 9.55. The molecule has 0 N–H and O–H groups in total. The Kier molecular flexibility index (Phi) is 2.20. The number of fused-ring (bicyclic) bond motifs is 1. The SMILES string of the molecule is Cn1c(=O)c2c([O-])cc(=O)n(C)c2n(C)c1=O. The molecule has 7 nitrogen and oxygen atoms in total. The lowest BCUT2D eigenvalue weighted by Crippen LogP contribution is -2.39. The van der Waals surface area contributed by atoms with Crippen molar-refractivity contribution in [2.75, 3.05) is 0 Å². The fraction of sp³-hybridized carbons (Fsp3) is 0.300. The standard InChI is InChI=1S/C10H11N3O4/c1-11-6(15)4-5(14)7-8(11)12(2)10(17)13(3)9(7)16/h4,14H,1-3H3/p-1. The van der Waals surface area contributed by atoms with Crippen molar-refractivity contribution in [3.63, 3.8) is 0 Å². The van der Waals surface area contributed by atoms with Crippen LogP contribution in [0.1, 0.15) is 0 Å². The fourth-order valence-corrected chi connectivity index (χ4v) is 1.83. The van der Waals surface area contributed by atoms with Crippen LogP contribution in [0, 0.1) is 0 Å². The van der Waals surface area contributed by atoms with Crippen molar-refractivity contribution in [2.45, 2.75) is 0 Å². The first-order valence-electron chi connectivity index (χ1n) is 4.83. The normalized spacial score (nSPS) is 11.0. The molecule has 0 bridgehead atoms. The molecule has 0 unspecified atom stereocenters. The summed E-state index contributed by atoms with van der Waals surface area (Å²) in [6, 6.07) is 0.841. The van der Waals surface area contributed by atoms with E-state index in [4.69, 9.17) is 0 Å². The Bertz CT molecular complexity index is 794. The summed E-state index contributed by atoms with van der Waals surface area (Å²) in [6.07, 6.45) is 0. The van der Waals surface area contributed by atoms with Gasteiger partial charge in [-0.25, -0.2) is 4.79 Å². The van der Waals surface area contributed by atoms with Gasteiger partial charge in [0.25, 0.3) is 11.1 Å². The summed E-state index contributed by atoms with van der Waals surface area (Å²) < 4.78 is 3.06. The molecule has 2 rings (SSSR count). The lowest BCUT2D eigenvalue weighted by molar-refractivity contribution is -0.266. The van der Waals surface area contributed by atoms with E-state index in [0.29, 0.717) is 0 Å². The van der Waals surface area contributed by atoms with Crippen LogP contribution < -0.4 is 21.9 Å². The van der Waals surface area contributed by atoms with Gasteiger partial charge in [0.1, 0.15) is 5.65 Å². The summed E-state index contributed by atoms with van der Waals surface area (Å²) in [5, 5.41) is 11.5. The minimum Gasteiger partial charge on any atom is -0.872 e. The van der Waals surface area contributed by atoms with E-state index in [1.165, 1.54) is 21.1 Å². The van der Waals surface area contributed by atoms with Gasteiger partial charge in [-0.3, -0.25) is 23.3 Å². The number of nitrogens with zero attached hydrogens (tertiary/aromatic N) is 3. The molecule has 0 saturated heterocycles. The molecule has 0 fully saturated rings. The quantitative estimate of drug-likeness (QED) is 0.529. The van der Waals surface area contributed by atoms with Gasteiger partial charge in [-0.15, -0.1) is 0 Å². The smallest absolute Gasteiger partial charge is 0.332 e. The van der Waals surface area contributed by atoms with Crippen molar-refractivity contribution in [1.29, 1.82) is 0 Å². The summed E-state index contributed by atoms with van der Waals surface area (Å²) >= 11 is 0. The van der Waals surface area contributed by atoms with Gasteiger partial charge in [0, 0.05) is 21.1 Å². The lowest BCUT2D eigenvalue weighted by Gasteiger charge is -2.15. The van der Waals surface area contributed by atoms with E-state index in [1.807, 2.05) is 0 Å². The minimum atomic E-state index is -0.691. The van der Waals surface area contributed by atoms with Crippen molar-refractivity contribution in [2.24, 2.45) is 21.1 Å². The summed E-state index contributed by atoms with van der Waals surface area (Å²) in [7, 11) is 4.10. The molecule has 0 radical (unpaired) electrons. The molecule has 17 heavy (non-hydrogen) atoms. The molecule has 0 atom stereocenters. The van der Waals surface area contributed by atoms with E-state index < -0.39 is 22.6 Å². The highest BCUT2D eigenvalue weighted by Gasteiger charge is 2.12. The Morgan fingerprint density at radius 1 is 1.00 bits per heavy atom. The van der Waals surface area contributed by atoms with Gasteiger partial charge in [-0.05, 0) is 6.07 Å². The summed E-state index contributed by atoms with van der Waals surface area (Å²) in [5.74, 6) is -0.667. The van der Waals surface area contributed by atoms with Crippen molar-refractivity contribution in [1.82, 2.24) is 13.7 Å². The topological polar surface area (TPSA) is 89.1 Å². The van der Waals surface area contributed by atoms with Gasteiger partial charge in [0.2, 0.25) is 0 Å². The third-order valence-corrected chi connectivity index (χ3v) is 2.78. The van der Waals surface area contributed by atoms with Crippen molar-refractivity contribution < 1.29 is 5.11 Å². The second-order valence-electron chi connectivity index (χ2n) is 3.81. The maximum absolute atomic E-state index is 11.8. The Morgan fingerprint density at radius 3 is 2.18 bits per heavy atom. The van der Waals surface area contributed by atoms with E-state index in [-0.39, 0.29) is 11.0 Å². The lowest BCUT2D eigenvalue weighted by atomic mass is 10.3. The molecule has 2 aromatic heterocycles. The largest absolute Gasteiger partial charge is 0.872 e. The van der Waals surface area contributed by atoms with E-state index in [9.17, 15) is 19.5 Å². The summed E-state index contributed by atoms with van der Waals surface area (Å²) in [5.41, 5.74) is -1.78. The van der Waals surface area contributed by atoms with E-state index in [0.717, 1.165) is 19.8 Å². The van der Waals surface area contributed by atoms with Crippen LogP contribution in [0.4, 0.5) is 0 Å². The van der Waals surface area contributed by atoms with Gasteiger partial charge in [0.05, 0.1) is 5.39 Å². The molecule has 90 valence electrons. The number of aromatic nitrogens is 3. The molecular weight excluding hydrogens is 226 g/mol. The third kappa shape index (κ3) is 1.32. The first-order valence-corrected chi connectivity index (χ1v) is 4.83. The van der Waals surface area contributed by atoms with Gasteiger partial charge in [-0.1, -0.05) is 5.75 Å². The molecule has 2 heterocycles. The Morgan fingerprint density at radius 2 is 1.59 bits per heavy atom. The number of hydrogen-bond donors (Lipinski definition) is 0. The van der Waals surface area contributed by atoms with Gasteiger partial charge in [-0.2, -0.15) is 0 Å². The van der Waals surface area contributed by atoms with Gasteiger partial charge >= 0.3 is 5.69 Å². The van der Waals surface area contributed by atoms with Crippen LogP contribution in [-0.4, -0.2) is 13.7 Å². The minimum absolute atomic E-state index is 0.0376. The van der Waals surface area contributed by atoms with Gasteiger partial charge in [0.15, 0.2) is 0 Å². The van der Waals surface area contributed by atoms with Gasteiger partial charge < -0.3 is 5.11 Å². The Labute approximate surface area is 94.8 Å². The Hall–Kier alpha value is -2.31. The van der Waals surface area contributed by atoms with Crippen LogP contribution in [0.25, 0.3) is 11.0 Å². The number of pyridine rings is 1. The van der Waals surface area contributed by atoms with Crippen LogP contribution in [0.3, 0.4) is 0 Å². The fourth-order valence-electron chi connectivity index (χ4n) is 1.83. The zero-order valence-corrected chi connectivity index (χ0v) is 9.55. The summed E-state index contributed by atoms with van der Waals surface area (Å²) in [6.45, 7) is 0. The van der Waals surface area contributed by atoms with E-state index in [2.05, 4.69) is 0 Å². The highest BCUT2D eigenvalue weighted by atomic mass is 16.3. The molecule has 7 heteroatoms. The zero-order chi connectivity index (χ0) is 12.9. The average Bonchev–Trinajstić information content (AvgIpc) is 2.28. The molecule has 2 aromatic rings.